The molecule has 3 aromatic rings. The first-order valence-electron chi connectivity index (χ1n) is 9.00. The fraction of sp³-hybridized carbons (Fsp3) is 0.190. The molecule has 0 radical (unpaired) electrons. The number of hydrogen-bond acceptors (Lipinski definition) is 7. The van der Waals surface area contributed by atoms with Crippen LogP contribution in [0.25, 0.3) is 6.08 Å². The molecule has 0 fully saturated rings. The number of carbonyl (C=O) groups excluding carboxylic acids is 1. The maximum Gasteiger partial charge on any atom is 0.338 e. The van der Waals surface area contributed by atoms with Crippen molar-refractivity contribution in [3.05, 3.63) is 84.9 Å². The molecule has 0 bridgehead atoms. The van der Waals surface area contributed by atoms with E-state index < -0.39 is 12.0 Å². The van der Waals surface area contributed by atoms with E-state index in [2.05, 4.69) is 4.99 Å². The number of aromatic nitrogens is 1. The van der Waals surface area contributed by atoms with Crippen LogP contribution in [0.1, 0.15) is 31.0 Å². The highest BCUT2D eigenvalue weighted by atomic mass is 32.1. The Bertz CT molecular complexity index is 1260. The highest BCUT2D eigenvalue weighted by Crippen LogP contribution is 2.31. The molecule has 1 aromatic carbocycles. The largest absolute Gasteiger partial charge is 0.508 e. The summed E-state index contributed by atoms with van der Waals surface area (Å²) in [5.41, 5.74) is 1.98. The minimum absolute atomic E-state index is 0.0968. The van der Waals surface area contributed by atoms with Crippen molar-refractivity contribution >= 4 is 23.4 Å². The minimum Gasteiger partial charge on any atom is -0.508 e. The van der Waals surface area contributed by atoms with Gasteiger partial charge in [-0.3, -0.25) is 9.36 Å². The summed E-state index contributed by atoms with van der Waals surface area (Å²) >= 11 is 1.24. The van der Waals surface area contributed by atoms with Crippen LogP contribution in [0.15, 0.2) is 68.3 Å². The lowest BCUT2D eigenvalue weighted by Crippen LogP contribution is -2.39. The monoisotopic (exact) mass is 410 g/mol. The highest BCUT2D eigenvalue weighted by Gasteiger charge is 2.33. The molecule has 0 spiro atoms. The molecule has 1 N–H and O–H groups in total. The van der Waals surface area contributed by atoms with Gasteiger partial charge >= 0.3 is 5.97 Å². The standard InChI is InChI=1S/C21H18N2O5S/c1-3-28-20(26)17-12(2)22-21-23(18(17)14-4-6-15(24)7-5-14)19(25)16(29-21)10-13-8-9-27-11-13/h4-11,18,24H,3H2,1-2H3/b16-10-. The average Bonchev–Trinajstić information content (AvgIpc) is 3.30. The highest BCUT2D eigenvalue weighted by molar-refractivity contribution is 7.07. The van der Waals surface area contributed by atoms with E-state index in [1.807, 2.05) is 0 Å². The fourth-order valence-corrected chi connectivity index (χ4v) is 4.32. The molecule has 2 aromatic heterocycles. The number of phenolic OH excluding ortho intramolecular Hbond substituents is 1. The van der Waals surface area contributed by atoms with Crippen LogP contribution in [-0.4, -0.2) is 22.2 Å². The number of phenols is 1. The van der Waals surface area contributed by atoms with E-state index in [9.17, 15) is 14.7 Å². The van der Waals surface area contributed by atoms with Gasteiger partial charge in [-0.25, -0.2) is 9.79 Å². The lowest BCUT2D eigenvalue weighted by atomic mass is 9.96. The van der Waals surface area contributed by atoms with Gasteiger partial charge in [-0.1, -0.05) is 23.5 Å². The smallest absolute Gasteiger partial charge is 0.338 e. The molecule has 1 aliphatic rings. The van der Waals surface area contributed by atoms with Crippen molar-refractivity contribution in [3.8, 4) is 5.75 Å². The summed E-state index contributed by atoms with van der Waals surface area (Å²) in [5, 5.41) is 9.66. The Morgan fingerprint density at radius 2 is 2.10 bits per heavy atom. The van der Waals surface area contributed by atoms with Crippen molar-refractivity contribution in [2.24, 2.45) is 4.99 Å². The second-order valence-corrected chi connectivity index (χ2v) is 7.46. The van der Waals surface area contributed by atoms with Gasteiger partial charge in [0.25, 0.3) is 5.56 Å². The maximum atomic E-state index is 13.3. The zero-order chi connectivity index (χ0) is 20.5. The number of allylic oxidation sites excluding steroid dienone is 1. The van der Waals surface area contributed by atoms with E-state index in [-0.39, 0.29) is 17.9 Å². The molecular weight excluding hydrogens is 392 g/mol. The quantitative estimate of drug-likeness (QED) is 0.665. The summed E-state index contributed by atoms with van der Waals surface area (Å²) in [6.45, 7) is 3.67. The Morgan fingerprint density at radius 3 is 2.76 bits per heavy atom. The normalized spacial score (nSPS) is 16.5. The predicted octanol–water partition coefficient (Wildman–Crippen LogP) is 2.10. The summed E-state index contributed by atoms with van der Waals surface area (Å²) in [6.07, 6.45) is 4.81. The molecule has 0 saturated heterocycles. The van der Waals surface area contributed by atoms with Crippen LogP contribution in [0.3, 0.4) is 0 Å². The SMILES string of the molecule is CCOC(=O)C1=C(C)N=c2s/c(=C\c3ccoc3)c(=O)n2C1c1ccc(O)cc1. The number of furan rings is 1. The Kier molecular flexibility index (Phi) is 4.94. The third-order valence-electron chi connectivity index (χ3n) is 4.57. The van der Waals surface area contributed by atoms with Crippen molar-refractivity contribution in [2.75, 3.05) is 6.61 Å². The number of benzene rings is 1. The van der Waals surface area contributed by atoms with Crippen LogP contribution < -0.4 is 14.9 Å². The first-order chi connectivity index (χ1) is 14.0. The molecule has 148 valence electrons. The van der Waals surface area contributed by atoms with Gasteiger partial charge in [0.05, 0.1) is 41.0 Å². The topological polar surface area (TPSA) is 94.0 Å². The van der Waals surface area contributed by atoms with Crippen molar-refractivity contribution in [2.45, 2.75) is 19.9 Å². The van der Waals surface area contributed by atoms with E-state index in [0.29, 0.717) is 26.2 Å². The van der Waals surface area contributed by atoms with Gasteiger partial charge in [-0.05, 0) is 43.7 Å². The second kappa shape index (κ2) is 7.56. The van der Waals surface area contributed by atoms with E-state index in [1.54, 1.807) is 44.4 Å². The Morgan fingerprint density at radius 1 is 1.34 bits per heavy atom. The molecule has 0 amide bonds. The van der Waals surface area contributed by atoms with E-state index in [4.69, 9.17) is 9.15 Å². The zero-order valence-corrected chi connectivity index (χ0v) is 16.6. The number of hydrogen-bond donors (Lipinski definition) is 1. The van der Waals surface area contributed by atoms with Gasteiger partial charge in [-0.15, -0.1) is 0 Å². The van der Waals surface area contributed by atoms with Gasteiger partial charge in [0.1, 0.15) is 5.75 Å². The molecule has 0 saturated carbocycles. The lowest BCUT2D eigenvalue weighted by molar-refractivity contribution is -0.139. The summed E-state index contributed by atoms with van der Waals surface area (Å²) in [4.78, 5) is 31.0. The fourth-order valence-electron chi connectivity index (χ4n) is 3.27. The summed E-state index contributed by atoms with van der Waals surface area (Å²) < 4.78 is 12.3. The van der Waals surface area contributed by atoms with Crippen molar-refractivity contribution in [1.29, 1.82) is 0 Å². The molecule has 7 nitrogen and oxygen atoms in total. The molecule has 0 aliphatic carbocycles. The molecule has 29 heavy (non-hydrogen) atoms. The Hall–Kier alpha value is -3.39. The molecule has 1 aliphatic heterocycles. The van der Waals surface area contributed by atoms with E-state index in [0.717, 1.165) is 5.56 Å². The number of ether oxygens (including phenoxy) is 1. The van der Waals surface area contributed by atoms with E-state index in [1.165, 1.54) is 34.3 Å². The van der Waals surface area contributed by atoms with Crippen molar-refractivity contribution in [1.82, 2.24) is 4.57 Å². The van der Waals surface area contributed by atoms with Crippen LogP contribution in [0, 0.1) is 0 Å². The average molecular weight is 410 g/mol. The lowest BCUT2D eigenvalue weighted by Gasteiger charge is -2.24. The number of esters is 1. The Labute approximate surface area is 169 Å². The molecular formula is C21H18N2O5S. The van der Waals surface area contributed by atoms with Gasteiger partial charge in [0, 0.05) is 5.56 Å². The van der Waals surface area contributed by atoms with Gasteiger partial charge in [-0.2, -0.15) is 0 Å². The van der Waals surface area contributed by atoms with Crippen LogP contribution in [0.5, 0.6) is 5.75 Å². The first kappa shape index (κ1) is 18.9. The predicted molar refractivity (Wildman–Crippen MR) is 107 cm³/mol. The third-order valence-corrected chi connectivity index (χ3v) is 5.55. The molecule has 1 atom stereocenters. The number of aromatic hydroxyl groups is 1. The van der Waals surface area contributed by atoms with Crippen LogP contribution >= 0.6 is 11.3 Å². The summed E-state index contributed by atoms with van der Waals surface area (Å²) in [7, 11) is 0. The zero-order valence-electron chi connectivity index (χ0n) is 15.8. The molecule has 1 unspecified atom stereocenters. The van der Waals surface area contributed by atoms with Gasteiger partial charge in [0.15, 0.2) is 4.80 Å². The third kappa shape index (κ3) is 3.42. The number of fused-ring (bicyclic) bond motifs is 1. The summed E-state index contributed by atoms with van der Waals surface area (Å²) in [6, 6.07) is 7.47. The number of thiazole rings is 1. The second-order valence-electron chi connectivity index (χ2n) is 6.45. The minimum atomic E-state index is -0.697. The maximum absolute atomic E-state index is 13.3. The molecule has 8 heteroatoms. The van der Waals surface area contributed by atoms with Crippen LogP contribution in [0.4, 0.5) is 0 Å². The number of rotatable bonds is 4. The van der Waals surface area contributed by atoms with E-state index >= 15 is 0 Å². The number of carbonyl (C=O) groups is 1. The molecule has 4 rings (SSSR count). The Balaban J connectivity index is 1.97. The molecule has 3 heterocycles. The van der Waals surface area contributed by atoms with Crippen molar-refractivity contribution in [3.63, 3.8) is 0 Å². The number of nitrogens with zero attached hydrogens (tertiary/aromatic N) is 2. The van der Waals surface area contributed by atoms with Crippen LogP contribution in [0.2, 0.25) is 0 Å². The van der Waals surface area contributed by atoms with Gasteiger partial charge < -0.3 is 14.3 Å². The van der Waals surface area contributed by atoms with Crippen molar-refractivity contribution < 1.29 is 19.1 Å². The first-order valence-corrected chi connectivity index (χ1v) is 9.82. The van der Waals surface area contributed by atoms with Crippen LogP contribution in [-0.2, 0) is 9.53 Å². The van der Waals surface area contributed by atoms with Gasteiger partial charge in [0.2, 0.25) is 0 Å². The summed E-state index contributed by atoms with van der Waals surface area (Å²) in [5.74, 6) is -0.421.